The lowest BCUT2D eigenvalue weighted by molar-refractivity contribution is -0.113. The number of carbonyl (C=O) groups is 1. The number of anilines is 1. The predicted molar refractivity (Wildman–Crippen MR) is 82.6 cm³/mol. The zero-order chi connectivity index (χ0) is 15.1. The van der Waals surface area contributed by atoms with Gasteiger partial charge in [0.2, 0.25) is 5.91 Å². The number of halogens is 1. The van der Waals surface area contributed by atoms with Gasteiger partial charge in [0.05, 0.1) is 18.6 Å². The summed E-state index contributed by atoms with van der Waals surface area (Å²) in [6.07, 6.45) is 0. The lowest BCUT2D eigenvalue weighted by Gasteiger charge is -2.10. The maximum atomic E-state index is 11.7. The molecule has 0 saturated heterocycles. The Morgan fingerprint density at radius 1 is 1.55 bits per heavy atom. The molecule has 0 heterocycles. The van der Waals surface area contributed by atoms with Crippen LogP contribution in [0.3, 0.4) is 0 Å². The lowest BCUT2D eigenvalue weighted by Crippen LogP contribution is -2.24. The number of hydrogen-bond acceptors (Lipinski definition) is 4. The molecule has 0 radical (unpaired) electrons. The number of amidine groups is 1. The number of ether oxygens (including phenoxy) is 1. The fourth-order valence-electron chi connectivity index (χ4n) is 1.25. The largest absolute Gasteiger partial charge is 0.495 e. The molecule has 0 spiro atoms. The molecule has 0 aliphatic carbocycles. The van der Waals surface area contributed by atoms with Gasteiger partial charge in [-0.15, -0.1) is 0 Å². The molecule has 1 aromatic rings. The highest BCUT2D eigenvalue weighted by atomic mass is 35.5. The van der Waals surface area contributed by atoms with Crippen LogP contribution in [0.2, 0.25) is 5.02 Å². The summed E-state index contributed by atoms with van der Waals surface area (Å²) in [6.45, 7) is 0. The third-order valence-electron chi connectivity index (χ3n) is 2.01. The number of nitrogens with one attached hydrogen (secondary N) is 2. The van der Waals surface area contributed by atoms with Gasteiger partial charge in [0, 0.05) is 5.02 Å². The fraction of sp³-hybridized carbons (Fsp3) is 0.182. The van der Waals surface area contributed by atoms with Crippen LogP contribution in [0.1, 0.15) is 0 Å². The minimum absolute atomic E-state index is 0.00865. The molecule has 6 N–H and O–H groups in total. The minimum Gasteiger partial charge on any atom is -0.495 e. The molecule has 0 aliphatic heterocycles. The Morgan fingerprint density at radius 3 is 2.85 bits per heavy atom. The quantitative estimate of drug-likeness (QED) is 0.491. The molecule has 0 atom stereocenters. The molecule has 108 valence electrons. The number of hydrogen-bond donors (Lipinski definition) is 4. The van der Waals surface area contributed by atoms with Gasteiger partial charge in [-0.25, -0.2) is 0 Å². The van der Waals surface area contributed by atoms with Crippen LogP contribution in [0.4, 0.5) is 5.69 Å². The molecular weight excluding hydrogens is 302 g/mol. The molecular formula is C11H14ClN5O2S. The van der Waals surface area contributed by atoms with E-state index in [0.29, 0.717) is 16.5 Å². The number of aliphatic imine (C=N–C) groups is 1. The number of thioether (sulfide) groups is 1. The van der Waals surface area contributed by atoms with Gasteiger partial charge in [-0.2, -0.15) is 4.99 Å². The average Bonchev–Trinajstić information content (AvgIpc) is 2.36. The molecule has 20 heavy (non-hydrogen) atoms. The fourth-order valence-corrected chi connectivity index (χ4v) is 1.93. The Labute approximate surface area is 125 Å². The smallest absolute Gasteiger partial charge is 0.234 e. The van der Waals surface area contributed by atoms with E-state index < -0.39 is 0 Å². The number of nitrogens with zero attached hydrogens (tertiary/aromatic N) is 1. The zero-order valence-electron chi connectivity index (χ0n) is 10.6. The van der Waals surface area contributed by atoms with Crippen LogP contribution < -0.4 is 21.5 Å². The van der Waals surface area contributed by atoms with E-state index in [0.717, 1.165) is 11.8 Å². The second kappa shape index (κ2) is 7.61. The van der Waals surface area contributed by atoms with Gasteiger partial charge >= 0.3 is 0 Å². The first kappa shape index (κ1) is 16.1. The highest BCUT2D eigenvalue weighted by molar-refractivity contribution is 8.14. The first-order chi connectivity index (χ1) is 9.42. The maximum absolute atomic E-state index is 11.7. The molecule has 9 heteroatoms. The van der Waals surface area contributed by atoms with Crippen LogP contribution in [-0.2, 0) is 4.79 Å². The monoisotopic (exact) mass is 315 g/mol. The van der Waals surface area contributed by atoms with E-state index in [1.165, 1.54) is 7.11 Å². The van der Waals surface area contributed by atoms with Gasteiger partial charge in [0.15, 0.2) is 11.1 Å². The summed E-state index contributed by atoms with van der Waals surface area (Å²) in [5.41, 5.74) is 10.7. The summed E-state index contributed by atoms with van der Waals surface area (Å²) in [7, 11) is 1.49. The van der Waals surface area contributed by atoms with Crippen molar-refractivity contribution in [1.82, 2.24) is 0 Å². The van der Waals surface area contributed by atoms with E-state index in [1.54, 1.807) is 18.2 Å². The molecule has 0 aliphatic rings. The second-order valence-corrected chi connectivity index (χ2v) is 4.92. The molecule has 0 saturated carbocycles. The number of carbonyl (C=O) groups excluding carboxylic acids is 1. The number of methoxy groups -OCH3 is 1. The molecule has 0 aromatic heterocycles. The van der Waals surface area contributed by atoms with Crippen LogP contribution in [0.25, 0.3) is 0 Å². The maximum Gasteiger partial charge on any atom is 0.234 e. The third-order valence-corrected chi connectivity index (χ3v) is 3.01. The SMILES string of the molecule is COc1ccc(Cl)cc1NC(=O)CSC(=N)N=C(N)N. The predicted octanol–water partition coefficient (Wildman–Crippen LogP) is 1.23. The molecule has 0 unspecified atom stereocenters. The standard InChI is InChI=1S/C11H14ClN5O2S/c1-19-8-3-2-6(12)4-7(8)16-9(18)5-20-11(15)17-10(13)14/h2-4H,5H2,1H3,(H,16,18)(H5,13,14,15,17). The van der Waals surface area contributed by atoms with Crippen molar-refractivity contribution >= 4 is 46.1 Å². The van der Waals surface area contributed by atoms with Crippen LogP contribution in [0.15, 0.2) is 23.2 Å². The van der Waals surface area contributed by atoms with E-state index in [4.69, 9.17) is 33.2 Å². The highest BCUT2D eigenvalue weighted by Crippen LogP contribution is 2.27. The first-order valence-corrected chi connectivity index (χ1v) is 6.73. The third kappa shape index (κ3) is 5.37. The van der Waals surface area contributed by atoms with Crippen molar-refractivity contribution in [1.29, 1.82) is 5.41 Å². The summed E-state index contributed by atoms with van der Waals surface area (Å²) < 4.78 is 5.10. The average molecular weight is 316 g/mol. The minimum atomic E-state index is -0.328. The lowest BCUT2D eigenvalue weighted by atomic mass is 10.3. The highest BCUT2D eigenvalue weighted by Gasteiger charge is 2.09. The molecule has 0 bridgehead atoms. The summed E-state index contributed by atoms with van der Waals surface area (Å²) in [6, 6.07) is 4.87. The van der Waals surface area contributed by atoms with Crippen molar-refractivity contribution in [2.24, 2.45) is 16.5 Å². The van der Waals surface area contributed by atoms with Gasteiger partial charge in [0.25, 0.3) is 0 Å². The number of benzene rings is 1. The second-order valence-electron chi connectivity index (χ2n) is 3.52. The Kier molecular flexibility index (Phi) is 6.13. The van der Waals surface area contributed by atoms with Gasteiger partial charge in [-0.3, -0.25) is 10.2 Å². The molecule has 1 rings (SSSR count). The number of rotatable bonds is 4. The van der Waals surface area contributed by atoms with E-state index in [1.807, 2.05) is 0 Å². The Hall–Kier alpha value is -1.93. The van der Waals surface area contributed by atoms with E-state index in [9.17, 15) is 4.79 Å². The first-order valence-electron chi connectivity index (χ1n) is 5.36. The van der Waals surface area contributed by atoms with Crippen molar-refractivity contribution in [2.45, 2.75) is 0 Å². The zero-order valence-corrected chi connectivity index (χ0v) is 12.2. The molecule has 1 amide bonds. The van der Waals surface area contributed by atoms with Crippen molar-refractivity contribution in [2.75, 3.05) is 18.2 Å². The normalized spacial score (nSPS) is 9.70. The molecule has 7 nitrogen and oxygen atoms in total. The molecule has 0 fully saturated rings. The number of guanidine groups is 1. The summed E-state index contributed by atoms with van der Waals surface area (Å²) in [5.74, 6) is -0.0664. The van der Waals surface area contributed by atoms with Crippen LogP contribution in [0.5, 0.6) is 5.75 Å². The van der Waals surface area contributed by atoms with E-state index in [-0.39, 0.29) is 22.8 Å². The van der Waals surface area contributed by atoms with Crippen molar-refractivity contribution in [3.8, 4) is 5.75 Å². The van der Waals surface area contributed by atoms with Crippen LogP contribution in [0, 0.1) is 5.41 Å². The van der Waals surface area contributed by atoms with Gasteiger partial charge < -0.3 is 21.5 Å². The van der Waals surface area contributed by atoms with Gasteiger partial charge in [0.1, 0.15) is 5.75 Å². The Bertz CT molecular complexity index is 546. The summed E-state index contributed by atoms with van der Waals surface area (Å²) in [5, 5.41) is 10.4. The van der Waals surface area contributed by atoms with Crippen molar-refractivity contribution in [3.63, 3.8) is 0 Å². The van der Waals surface area contributed by atoms with Crippen LogP contribution >= 0.6 is 23.4 Å². The summed E-state index contributed by atoms with van der Waals surface area (Å²) in [4.78, 5) is 15.2. The molecule has 1 aromatic carbocycles. The van der Waals surface area contributed by atoms with Crippen molar-refractivity contribution in [3.05, 3.63) is 23.2 Å². The van der Waals surface area contributed by atoms with Crippen molar-refractivity contribution < 1.29 is 9.53 Å². The van der Waals surface area contributed by atoms with Crippen LogP contribution in [-0.4, -0.2) is 29.9 Å². The number of nitrogens with two attached hydrogens (primary N) is 2. The number of amides is 1. The Morgan fingerprint density at radius 2 is 2.25 bits per heavy atom. The van der Waals surface area contributed by atoms with E-state index >= 15 is 0 Å². The Balaban J connectivity index is 2.61. The summed E-state index contributed by atoms with van der Waals surface area (Å²) >= 11 is 6.75. The topological polar surface area (TPSA) is 127 Å². The van der Waals surface area contributed by atoms with E-state index in [2.05, 4.69) is 10.3 Å². The van der Waals surface area contributed by atoms with Gasteiger partial charge in [-0.05, 0) is 18.2 Å². The van der Waals surface area contributed by atoms with Gasteiger partial charge in [-0.1, -0.05) is 23.4 Å².